The molecular weight excluding hydrogens is 340 g/mol. The normalized spacial score (nSPS) is 11.3. The summed E-state index contributed by atoms with van der Waals surface area (Å²) in [5.74, 6) is 2.30. The molecule has 27 heavy (non-hydrogen) atoms. The molecule has 1 aromatic heterocycles. The molecule has 0 spiro atoms. The quantitative estimate of drug-likeness (QED) is 0.495. The molecular formula is C21H24N4O2. The first-order valence-electron chi connectivity index (χ1n) is 8.95. The third-order valence-electron chi connectivity index (χ3n) is 4.00. The summed E-state index contributed by atoms with van der Waals surface area (Å²) in [5, 5.41) is 10.7. The fraction of sp³-hybridized carbons (Fsp3) is 0.238. The number of rotatable bonds is 7. The number of para-hydroxylation sites is 1. The number of ether oxygens (including phenoxy) is 1. The van der Waals surface area contributed by atoms with Gasteiger partial charge in [-0.1, -0.05) is 53.7 Å². The molecule has 0 aliphatic rings. The topological polar surface area (TPSA) is 71.7 Å². The second-order valence-corrected chi connectivity index (χ2v) is 5.91. The monoisotopic (exact) mass is 364 g/mol. The predicted molar refractivity (Wildman–Crippen MR) is 107 cm³/mol. The number of aliphatic imine (C=N–C) groups is 1. The molecule has 3 aromatic rings. The van der Waals surface area contributed by atoms with E-state index in [-0.39, 0.29) is 0 Å². The lowest BCUT2D eigenvalue weighted by atomic mass is 10.2. The standard InChI is InChI=1S/C21H24N4O2/c1-3-22-21(23-14-17-11-7-8-12-19(17)26-2)24-15-18-13-20(27-25-18)16-9-5-4-6-10-16/h4-13H,3,14-15H2,1-2H3,(H2,22,23,24). The molecule has 0 fully saturated rings. The van der Waals surface area contributed by atoms with E-state index in [4.69, 9.17) is 9.26 Å². The highest BCUT2D eigenvalue weighted by Gasteiger charge is 2.07. The number of nitrogens with zero attached hydrogens (tertiary/aromatic N) is 2. The van der Waals surface area contributed by atoms with Gasteiger partial charge in [-0.2, -0.15) is 0 Å². The summed E-state index contributed by atoms with van der Waals surface area (Å²) in [6.45, 7) is 3.84. The van der Waals surface area contributed by atoms with Crippen molar-refractivity contribution in [1.29, 1.82) is 0 Å². The van der Waals surface area contributed by atoms with Crippen LogP contribution in [-0.4, -0.2) is 24.8 Å². The Morgan fingerprint density at radius 3 is 2.63 bits per heavy atom. The van der Waals surface area contributed by atoms with Crippen LogP contribution in [0.5, 0.6) is 5.75 Å². The van der Waals surface area contributed by atoms with Crippen LogP contribution in [0.25, 0.3) is 11.3 Å². The minimum absolute atomic E-state index is 0.521. The summed E-state index contributed by atoms with van der Waals surface area (Å²) in [4.78, 5) is 4.63. The molecule has 2 N–H and O–H groups in total. The number of guanidine groups is 1. The van der Waals surface area contributed by atoms with Gasteiger partial charge in [0.2, 0.25) is 0 Å². The van der Waals surface area contributed by atoms with E-state index in [9.17, 15) is 0 Å². The number of hydrogen-bond donors (Lipinski definition) is 2. The van der Waals surface area contributed by atoms with Crippen LogP contribution >= 0.6 is 0 Å². The Kier molecular flexibility index (Phi) is 6.46. The van der Waals surface area contributed by atoms with Gasteiger partial charge in [-0.15, -0.1) is 0 Å². The molecule has 0 aliphatic carbocycles. The smallest absolute Gasteiger partial charge is 0.191 e. The zero-order chi connectivity index (χ0) is 18.9. The highest BCUT2D eigenvalue weighted by Crippen LogP contribution is 2.20. The Morgan fingerprint density at radius 1 is 1.07 bits per heavy atom. The van der Waals surface area contributed by atoms with Crippen LogP contribution < -0.4 is 15.4 Å². The van der Waals surface area contributed by atoms with E-state index in [0.29, 0.717) is 19.0 Å². The molecule has 0 bridgehead atoms. The van der Waals surface area contributed by atoms with E-state index >= 15 is 0 Å². The van der Waals surface area contributed by atoms with Gasteiger partial charge in [0.1, 0.15) is 11.4 Å². The van der Waals surface area contributed by atoms with Gasteiger partial charge in [-0.05, 0) is 13.0 Å². The second kappa shape index (κ2) is 9.43. The first-order valence-corrected chi connectivity index (χ1v) is 8.95. The molecule has 0 radical (unpaired) electrons. The molecule has 0 saturated carbocycles. The van der Waals surface area contributed by atoms with Gasteiger partial charge in [0.25, 0.3) is 0 Å². The minimum Gasteiger partial charge on any atom is -0.496 e. The highest BCUT2D eigenvalue weighted by molar-refractivity contribution is 5.79. The maximum atomic E-state index is 5.44. The van der Waals surface area contributed by atoms with Gasteiger partial charge in [-0.25, -0.2) is 4.99 Å². The van der Waals surface area contributed by atoms with Crippen molar-refractivity contribution in [2.45, 2.75) is 20.0 Å². The van der Waals surface area contributed by atoms with Crippen molar-refractivity contribution >= 4 is 5.96 Å². The van der Waals surface area contributed by atoms with Crippen molar-refractivity contribution < 1.29 is 9.26 Å². The third-order valence-corrected chi connectivity index (χ3v) is 4.00. The molecule has 6 nitrogen and oxygen atoms in total. The fourth-order valence-electron chi connectivity index (χ4n) is 2.65. The van der Waals surface area contributed by atoms with Crippen LogP contribution in [0.3, 0.4) is 0 Å². The number of benzene rings is 2. The largest absolute Gasteiger partial charge is 0.496 e. The van der Waals surface area contributed by atoms with Gasteiger partial charge in [0.15, 0.2) is 11.7 Å². The van der Waals surface area contributed by atoms with Crippen LogP contribution in [0, 0.1) is 0 Å². The maximum absolute atomic E-state index is 5.44. The Hall–Kier alpha value is -3.28. The summed E-state index contributed by atoms with van der Waals surface area (Å²) in [5.41, 5.74) is 2.86. The number of hydrogen-bond acceptors (Lipinski definition) is 4. The first-order chi connectivity index (χ1) is 13.3. The SMILES string of the molecule is CCNC(=NCc1ccccc1OC)NCc1cc(-c2ccccc2)on1. The van der Waals surface area contributed by atoms with Crippen molar-refractivity contribution in [2.75, 3.05) is 13.7 Å². The molecule has 0 aliphatic heterocycles. The first kappa shape index (κ1) is 18.5. The third kappa shape index (κ3) is 5.10. The number of methoxy groups -OCH3 is 1. The van der Waals surface area contributed by atoms with Crippen LogP contribution in [-0.2, 0) is 13.1 Å². The van der Waals surface area contributed by atoms with Crippen molar-refractivity contribution in [3.05, 3.63) is 71.9 Å². The molecule has 0 saturated heterocycles. The number of aromatic nitrogens is 1. The molecule has 3 rings (SSSR count). The predicted octanol–water partition coefficient (Wildman–Crippen LogP) is 3.61. The maximum Gasteiger partial charge on any atom is 0.191 e. The Balaban J connectivity index is 1.64. The zero-order valence-electron chi connectivity index (χ0n) is 15.6. The van der Waals surface area contributed by atoms with Gasteiger partial charge < -0.3 is 19.9 Å². The summed E-state index contributed by atoms with van der Waals surface area (Å²) in [7, 11) is 1.67. The van der Waals surface area contributed by atoms with Crippen LogP contribution in [0.1, 0.15) is 18.2 Å². The molecule has 0 atom stereocenters. The van der Waals surface area contributed by atoms with E-state index in [0.717, 1.165) is 34.9 Å². The Morgan fingerprint density at radius 2 is 1.85 bits per heavy atom. The molecule has 6 heteroatoms. The lowest BCUT2D eigenvalue weighted by Crippen LogP contribution is -2.36. The van der Waals surface area contributed by atoms with Gasteiger partial charge in [0.05, 0.1) is 20.2 Å². The van der Waals surface area contributed by atoms with E-state index in [1.165, 1.54) is 0 Å². The van der Waals surface area contributed by atoms with Crippen LogP contribution in [0.4, 0.5) is 0 Å². The lowest BCUT2D eigenvalue weighted by Gasteiger charge is -2.11. The van der Waals surface area contributed by atoms with Crippen molar-refractivity contribution in [3.63, 3.8) is 0 Å². The van der Waals surface area contributed by atoms with E-state index < -0.39 is 0 Å². The van der Waals surface area contributed by atoms with Gasteiger partial charge in [-0.3, -0.25) is 0 Å². The lowest BCUT2D eigenvalue weighted by molar-refractivity contribution is 0.410. The fourth-order valence-corrected chi connectivity index (χ4v) is 2.65. The van der Waals surface area contributed by atoms with Crippen molar-refractivity contribution in [3.8, 4) is 17.1 Å². The second-order valence-electron chi connectivity index (χ2n) is 5.91. The van der Waals surface area contributed by atoms with Gasteiger partial charge >= 0.3 is 0 Å². The summed E-state index contributed by atoms with van der Waals surface area (Å²) in [6, 6.07) is 19.7. The Bertz CT molecular complexity index is 875. The zero-order valence-corrected chi connectivity index (χ0v) is 15.6. The average Bonchev–Trinajstić information content (AvgIpc) is 3.20. The number of nitrogens with one attached hydrogen (secondary N) is 2. The van der Waals surface area contributed by atoms with Crippen molar-refractivity contribution in [1.82, 2.24) is 15.8 Å². The summed E-state index contributed by atoms with van der Waals surface area (Å²) in [6.07, 6.45) is 0. The molecule has 140 valence electrons. The van der Waals surface area contributed by atoms with Crippen molar-refractivity contribution in [2.24, 2.45) is 4.99 Å². The van der Waals surface area contributed by atoms with Crippen LogP contribution in [0.15, 0.2) is 70.2 Å². The van der Waals surface area contributed by atoms with E-state index in [1.807, 2.05) is 67.6 Å². The average molecular weight is 364 g/mol. The summed E-state index contributed by atoms with van der Waals surface area (Å²) >= 11 is 0. The molecule has 1 heterocycles. The Labute approximate surface area is 159 Å². The van der Waals surface area contributed by atoms with E-state index in [1.54, 1.807) is 7.11 Å². The molecule has 0 unspecified atom stereocenters. The van der Waals surface area contributed by atoms with Crippen LogP contribution in [0.2, 0.25) is 0 Å². The van der Waals surface area contributed by atoms with E-state index in [2.05, 4.69) is 20.8 Å². The minimum atomic E-state index is 0.521. The molecule has 0 amide bonds. The highest BCUT2D eigenvalue weighted by atomic mass is 16.5. The summed E-state index contributed by atoms with van der Waals surface area (Å²) < 4.78 is 10.8. The molecule has 2 aromatic carbocycles. The van der Waals surface area contributed by atoms with Gasteiger partial charge in [0, 0.05) is 23.7 Å².